The molecule has 0 atom stereocenters. The standard InChI is InChI=1S/C64H40/c1-4-24-48-41(16-1)19-13-33-53(48)63-52-26-6-3-18-46(52)39-61-51(32-15-35-59(61)63)45-23-11-22-44(38-45)50-31-12-21-43-36-37-47(40-60(43)50)62-55-27-7-9-29-57(55)64(58-30-10-8-28-56(58)62)54-34-14-20-42-17-2-5-25-49(42)54/h1-40H. The Balaban J connectivity index is 0.997. The Hall–Kier alpha value is -8.32. The van der Waals surface area contributed by atoms with Crippen LogP contribution in [-0.2, 0) is 0 Å². The van der Waals surface area contributed by atoms with Crippen LogP contribution in [0.1, 0.15) is 0 Å². The Morgan fingerprint density at radius 2 is 0.531 bits per heavy atom. The first kappa shape index (κ1) is 36.3. The summed E-state index contributed by atoms with van der Waals surface area (Å²) in [5.41, 5.74) is 12.5. The lowest BCUT2D eigenvalue weighted by molar-refractivity contribution is 1.62. The molecule has 0 heterocycles. The van der Waals surface area contributed by atoms with Gasteiger partial charge in [0.05, 0.1) is 0 Å². The fourth-order valence-electron chi connectivity index (χ4n) is 10.8. The molecule has 0 heteroatoms. The van der Waals surface area contributed by atoms with E-state index in [0.29, 0.717) is 0 Å². The van der Waals surface area contributed by atoms with Gasteiger partial charge in [-0.05, 0) is 149 Å². The number of rotatable bonds is 5. The molecule has 13 aromatic carbocycles. The summed E-state index contributed by atoms with van der Waals surface area (Å²) < 4.78 is 0. The molecule has 0 nitrogen and oxygen atoms in total. The van der Waals surface area contributed by atoms with Crippen LogP contribution in [-0.4, -0.2) is 0 Å². The van der Waals surface area contributed by atoms with Crippen molar-refractivity contribution in [2.45, 2.75) is 0 Å². The van der Waals surface area contributed by atoms with Crippen LogP contribution in [0.2, 0.25) is 0 Å². The van der Waals surface area contributed by atoms with Gasteiger partial charge in [-0.15, -0.1) is 0 Å². The highest BCUT2D eigenvalue weighted by Crippen LogP contribution is 2.47. The lowest BCUT2D eigenvalue weighted by Gasteiger charge is -2.19. The zero-order valence-electron chi connectivity index (χ0n) is 35.1. The third-order valence-corrected chi connectivity index (χ3v) is 13.6. The molecular weight excluding hydrogens is 769 g/mol. The third-order valence-electron chi connectivity index (χ3n) is 13.6. The van der Waals surface area contributed by atoms with E-state index in [0.717, 1.165) is 0 Å². The van der Waals surface area contributed by atoms with E-state index in [2.05, 4.69) is 243 Å². The van der Waals surface area contributed by atoms with Crippen LogP contribution < -0.4 is 0 Å². The molecule has 13 rings (SSSR count). The fourth-order valence-corrected chi connectivity index (χ4v) is 10.8. The molecule has 0 saturated carbocycles. The molecule has 0 aliphatic rings. The summed E-state index contributed by atoms with van der Waals surface area (Å²) in [7, 11) is 0. The molecule has 0 unspecified atom stereocenters. The van der Waals surface area contributed by atoms with Crippen molar-refractivity contribution >= 4 is 75.4 Å². The first-order chi connectivity index (χ1) is 31.8. The summed E-state index contributed by atoms with van der Waals surface area (Å²) in [5, 5.41) is 17.6. The van der Waals surface area contributed by atoms with Gasteiger partial charge in [-0.2, -0.15) is 0 Å². The van der Waals surface area contributed by atoms with E-state index < -0.39 is 0 Å². The first-order valence-corrected chi connectivity index (χ1v) is 22.2. The van der Waals surface area contributed by atoms with Crippen molar-refractivity contribution in [2.75, 3.05) is 0 Å². The molecule has 0 radical (unpaired) electrons. The predicted octanol–water partition coefficient (Wildman–Crippen LogP) is 18.1. The molecule has 0 aliphatic carbocycles. The molecule has 0 fully saturated rings. The van der Waals surface area contributed by atoms with Gasteiger partial charge in [0.15, 0.2) is 0 Å². The minimum atomic E-state index is 1.20. The Bertz CT molecular complexity index is 3950. The topological polar surface area (TPSA) is 0 Å². The molecule has 0 aliphatic heterocycles. The third kappa shape index (κ3) is 5.70. The van der Waals surface area contributed by atoms with Crippen molar-refractivity contribution in [3.63, 3.8) is 0 Å². The van der Waals surface area contributed by atoms with Crippen molar-refractivity contribution < 1.29 is 0 Å². The van der Waals surface area contributed by atoms with Crippen LogP contribution in [0.15, 0.2) is 243 Å². The molecule has 0 bridgehead atoms. The second kappa shape index (κ2) is 14.7. The van der Waals surface area contributed by atoms with Crippen molar-refractivity contribution in [1.29, 1.82) is 0 Å². The van der Waals surface area contributed by atoms with Gasteiger partial charge >= 0.3 is 0 Å². The molecular formula is C64H40. The Morgan fingerprint density at radius 3 is 1.12 bits per heavy atom. The predicted molar refractivity (Wildman–Crippen MR) is 276 cm³/mol. The van der Waals surface area contributed by atoms with Crippen LogP contribution in [0.25, 0.3) is 131 Å². The summed E-state index contributed by atoms with van der Waals surface area (Å²) in [6, 6.07) is 89.9. The molecule has 0 aromatic heterocycles. The van der Waals surface area contributed by atoms with Gasteiger partial charge in [-0.25, -0.2) is 0 Å². The van der Waals surface area contributed by atoms with E-state index >= 15 is 0 Å². The molecule has 0 amide bonds. The summed E-state index contributed by atoms with van der Waals surface area (Å²) >= 11 is 0. The largest absolute Gasteiger partial charge is 0.0616 e. The van der Waals surface area contributed by atoms with Crippen LogP contribution >= 0.6 is 0 Å². The van der Waals surface area contributed by atoms with Crippen molar-refractivity contribution in [3.05, 3.63) is 243 Å². The average Bonchev–Trinajstić information content (AvgIpc) is 3.36. The monoisotopic (exact) mass is 808 g/mol. The van der Waals surface area contributed by atoms with E-state index in [-0.39, 0.29) is 0 Å². The van der Waals surface area contributed by atoms with E-state index in [4.69, 9.17) is 0 Å². The van der Waals surface area contributed by atoms with Crippen LogP contribution in [0.5, 0.6) is 0 Å². The zero-order chi connectivity index (χ0) is 42.1. The maximum atomic E-state index is 2.43. The minimum absolute atomic E-state index is 1.20. The van der Waals surface area contributed by atoms with Crippen LogP contribution in [0.4, 0.5) is 0 Å². The van der Waals surface area contributed by atoms with Crippen molar-refractivity contribution in [2.24, 2.45) is 0 Å². The van der Waals surface area contributed by atoms with E-state index in [1.54, 1.807) is 0 Å². The van der Waals surface area contributed by atoms with E-state index in [1.807, 2.05) is 0 Å². The van der Waals surface area contributed by atoms with Crippen LogP contribution in [0, 0.1) is 0 Å². The first-order valence-electron chi connectivity index (χ1n) is 22.2. The maximum Gasteiger partial charge on any atom is -0.00201 e. The Labute approximate surface area is 371 Å². The number of benzene rings is 13. The van der Waals surface area contributed by atoms with Gasteiger partial charge in [0, 0.05) is 0 Å². The van der Waals surface area contributed by atoms with Gasteiger partial charge in [0.2, 0.25) is 0 Å². The quantitative estimate of drug-likeness (QED) is 0.152. The van der Waals surface area contributed by atoms with Crippen molar-refractivity contribution in [1.82, 2.24) is 0 Å². The average molecular weight is 809 g/mol. The second-order valence-electron chi connectivity index (χ2n) is 17.1. The highest BCUT2D eigenvalue weighted by atomic mass is 14.2. The fraction of sp³-hybridized carbons (Fsp3) is 0. The van der Waals surface area contributed by atoms with Crippen LogP contribution in [0.3, 0.4) is 0 Å². The zero-order valence-corrected chi connectivity index (χ0v) is 35.1. The molecule has 13 aromatic rings. The summed E-state index contributed by atoms with van der Waals surface area (Å²) in [6.07, 6.45) is 0. The summed E-state index contributed by atoms with van der Waals surface area (Å²) in [4.78, 5) is 0. The minimum Gasteiger partial charge on any atom is -0.0616 e. The molecule has 296 valence electrons. The van der Waals surface area contributed by atoms with E-state index in [1.165, 1.54) is 131 Å². The normalized spacial score (nSPS) is 11.8. The molecule has 64 heavy (non-hydrogen) atoms. The van der Waals surface area contributed by atoms with Gasteiger partial charge < -0.3 is 0 Å². The van der Waals surface area contributed by atoms with Gasteiger partial charge in [-0.3, -0.25) is 0 Å². The summed E-state index contributed by atoms with van der Waals surface area (Å²) in [6.45, 7) is 0. The number of hydrogen-bond donors (Lipinski definition) is 0. The highest BCUT2D eigenvalue weighted by Gasteiger charge is 2.20. The van der Waals surface area contributed by atoms with Crippen molar-refractivity contribution in [3.8, 4) is 55.6 Å². The van der Waals surface area contributed by atoms with Gasteiger partial charge in [0.25, 0.3) is 0 Å². The second-order valence-corrected chi connectivity index (χ2v) is 17.1. The lowest BCUT2D eigenvalue weighted by Crippen LogP contribution is -1.92. The Morgan fingerprint density at radius 1 is 0.156 bits per heavy atom. The van der Waals surface area contributed by atoms with Gasteiger partial charge in [-0.1, -0.05) is 224 Å². The van der Waals surface area contributed by atoms with E-state index in [9.17, 15) is 0 Å². The number of fused-ring (bicyclic) bond motifs is 7. The molecule has 0 N–H and O–H groups in total. The lowest BCUT2D eigenvalue weighted by atomic mass is 9.84. The highest BCUT2D eigenvalue weighted by molar-refractivity contribution is 6.24. The Kier molecular flexibility index (Phi) is 8.32. The number of hydrogen-bond acceptors (Lipinski definition) is 0. The smallest absolute Gasteiger partial charge is 0.00201 e. The molecule has 0 spiro atoms. The van der Waals surface area contributed by atoms with Gasteiger partial charge in [0.1, 0.15) is 0 Å². The molecule has 0 saturated heterocycles. The SMILES string of the molecule is c1cc(-c2cccc3ccc(-c4c5ccccc5c(-c5cccc6ccccc56)c5ccccc45)cc23)cc(-c2cccc3c(-c4cccc5ccccc45)c4ccccc4cc23)c1. The summed E-state index contributed by atoms with van der Waals surface area (Å²) in [5.74, 6) is 0. The maximum absolute atomic E-state index is 2.43.